The van der Waals surface area contributed by atoms with Crippen LogP contribution >= 0.6 is 11.6 Å². The largest absolute Gasteiger partial charge is 0.324 e. The van der Waals surface area contributed by atoms with Crippen LogP contribution in [0.15, 0.2) is 42.7 Å². The van der Waals surface area contributed by atoms with Crippen LogP contribution in [0.3, 0.4) is 0 Å². The third kappa shape index (κ3) is 3.56. The second kappa shape index (κ2) is 7.80. The van der Waals surface area contributed by atoms with Gasteiger partial charge in [0.1, 0.15) is 0 Å². The van der Waals surface area contributed by atoms with E-state index >= 15 is 0 Å². The Bertz CT molecular complexity index is 886. The van der Waals surface area contributed by atoms with Crippen LogP contribution in [0.5, 0.6) is 0 Å². The fourth-order valence-corrected chi connectivity index (χ4v) is 4.36. The zero-order chi connectivity index (χ0) is 19.7. The number of likely N-dealkylation sites (tertiary alicyclic amines) is 1. The van der Waals surface area contributed by atoms with Crippen LogP contribution < -0.4 is 5.32 Å². The lowest BCUT2D eigenvalue weighted by atomic mass is 9.81. The highest BCUT2D eigenvalue weighted by molar-refractivity contribution is 6.31. The Balaban J connectivity index is 1.42. The fraction of sp³-hybridized carbons (Fsp3) is 0.381. The molecule has 1 N–H and O–H groups in total. The highest BCUT2D eigenvalue weighted by atomic mass is 35.5. The molecule has 7 heteroatoms. The van der Waals surface area contributed by atoms with Crippen molar-refractivity contribution < 1.29 is 14.4 Å². The number of aromatic nitrogens is 1. The number of imide groups is 1. The summed E-state index contributed by atoms with van der Waals surface area (Å²) < 4.78 is 1.86. The smallest absolute Gasteiger partial charge is 0.233 e. The SMILES string of the molecule is O=C(CCN1C(=O)C2CCCCC2C1=O)Nc1ccc(Cl)cc1-n1cccc1. The lowest BCUT2D eigenvalue weighted by Crippen LogP contribution is -2.34. The van der Waals surface area contributed by atoms with E-state index in [1.165, 1.54) is 4.90 Å². The van der Waals surface area contributed by atoms with Crippen LogP contribution in [0.2, 0.25) is 5.02 Å². The van der Waals surface area contributed by atoms with Crippen LogP contribution in [0, 0.1) is 11.8 Å². The molecule has 2 fully saturated rings. The van der Waals surface area contributed by atoms with E-state index in [9.17, 15) is 14.4 Å². The molecule has 2 heterocycles. The predicted molar refractivity (Wildman–Crippen MR) is 106 cm³/mol. The molecule has 1 aliphatic carbocycles. The number of nitrogens with one attached hydrogen (secondary N) is 1. The van der Waals surface area contributed by atoms with E-state index in [1.54, 1.807) is 18.2 Å². The van der Waals surface area contributed by atoms with E-state index in [0.29, 0.717) is 10.7 Å². The molecule has 1 saturated heterocycles. The number of benzene rings is 1. The van der Waals surface area contributed by atoms with E-state index in [1.807, 2.05) is 29.1 Å². The third-order valence-corrected chi connectivity index (χ3v) is 5.85. The number of carbonyl (C=O) groups is 3. The summed E-state index contributed by atoms with van der Waals surface area (Å²) in [5, 5.41) is 3.44. The Morgan fingerprint density at radius 3 is 2.36 bits per heavy atom. The third-order valence-electron chi connectivity index (χ3n) is 5.61. The average Bonchev–Trinajstić information content (AvgIpc) is 3.30. The molecular weight excluding hydrogens is 378 g/mol. The van der Waals surface area contributed by atoms with Gasteiger partial charge in [0.15, 0.2) is 0 Å². The van der Waals surface area contributed by atoms with Gasteiger partial charge in [0.05, 0.1) is 23.2 Å². The van der Waals surface area contributed by atoms with Crippen LogP contribution in [-0.2, 0) is 14.4 Å². The summed E-state index contributed by atoms with van der Waals surface area (Å²) in [6, 6.07) is 9.00. The maximum Gasteiger partial charge on any atom is 0.233 e. The minimum atomic E-state index is -0.244. The maximum atomic E-state index is 12.5. The molecule has 3 amide bonds. The number of hydrogen-bond acceptors (Lipinski definition) is 3. The molecule has 1 aromatic carbocycles. The van der Waals surface area contributed by atoms with E-state index in [-0.39, 0.29) is 42.5 Å². The first-order chi connectivity index (χ1) is 13.5. The maximum absolute atomic E-state index is 12.5. The molecule has 2 atom stereocenters. The van der Waals surface area contributed by atoms with Gasteiger partial charge in [0.2, 0.25) is 17.7 Å². The Hall–Kier alpha value is -2.60. The first kappa shape index (κ1) is 18.7. The topological polar surface area (TPSA) is 71.4 Å². The highest BCUT2D eigenvalue weighted by Gasteiger charge is 2.47. The normalized spacial score (nSPS) is 21.7. The van der Waals surface area contributed by atoms with Crippen molar-refractivity contribution in [3.63, 3.8) is 0 Å². The molecule has 1 aliphatic heterocycles. The van der Waals surface area contributed by atoms with Gasteiger partial charge in [0, 0.05) is 30.4 Å². The van der Waals surface area contributed by atoms with Crippen LogP contribution in [0.1, 0.15) is 32.1 Å². The number of carbonyl (C=O) groups excluding carboxylic acids is 3. The Morgan fingerprint density at radius 1 is 1.07 bits per heavy atom. The van der Waals surface area contributed by atoms with Crippen molar-refractivity contribution in [2.75, 3.05) is 11.9 Å². The number of hydrogen-bond donors (Lipinski definition) is 1. The van der Waals surface area contributed by atoms with Crippen molar-refractivity contribution in [1.82, 2.24) is 9.47 Å². The second-order valence-electron chi connectivity index (χ2n) is 7.38. The monoisotopic (exact) mass is 399 g/mol. The number of anilines is 1. The highest BCUT2D eigenvalue weighted by Crippen LogP contribution is 2.38. The Kier molecular flexibility index (Phi) is 5.22. The number of fused-ring (bicyclic) bond motifs is 1. The second-order valence-corrected chi connectivity index (χ2v) is 7.81. The number of nitrogens with zero attached hydrogens (tertiary/aromatic N) is 2. The van der Waals surface area contributed by atoms with Crippen molar-refractivity contribution in [2.45, 2.75) is 32.1 Å². The zero-order valence-electron chi connectivity index (χ0n) is 15.4. The summed E-state index contributed by atoms with van der Waals surface area (Å²) in [6.45, 7) is 0.128. The molecule has 4 rings (SSSR count). The number of halogens is 1. The molecule has 0 radical (unpaired) electrons. The van der Waals surface area contributed by atoms with Gasteiger partial charge in [-0.05, 0) is 43.2 Å². The van der Waals surface area contributed by atoms with Crippen molar-refractivity contribution in [3.05, 3.63) is 47.7 Å². The minimum Gasteiger partial charge on any atom is -0.324 e. The van der Waals surface area contributed by atoms with Crippen molar-refractivity contribution in [2.24, 2.45) is 11.8 Å². The lowest BCUT2D eigenvalue weighted by Gasteiger charge is -2.19. The van der Waals surface area contributed by atoms with Gasteiger partial charge in [-0.15, -0.1) is 0 Å². The van der Waals surface area contributed by atoms with E-state index in [0.717, 1.165) is 31.4 Å². The van der Waals surface area contributed by atoms with Gasteiger partial charge < -0.3 is 9.88 Å². The Morgan fingerprint density at radius 2 is 1.71 bits per heavy atom. The zero-order valence-corrected chi connectivity index (χ0v) is 16.2. The van der Waals surface area contributed by atoms with Crippen LogP contribution in [0.4, 0.5) is 5.69 Å². The summed E-state index contributed by atoms with van der Waals surface area (Å²) >= 11 is 6.10. The van der Waals surface area contributed by atoms with Crippen molar-refractivity contribution >= 4 is 35.0 Å². The minimum absolute atomic E-state index is 0.0741. The molecule has 0 bridgehead atoms. The van der Waals surface area contributed by atoms with E-state index in [4.69, 9.17) is 11.6 Å². The summed E-state index contributed by atoms with van der Waals surface area (Å²) in [7, 11) is 0. The van der Waals surface area contributed by atoms with Gasteiger partial charge in [-0.3, -0.25) is 19.3 Å². The van der Waals surface area contributed by atoms with Gasteiger partial charge in [-0.1, -0.05) is 24.4 Å². The van der Waals surface area contributed by atoms with Gasteiger partial charge in [0.25, 0.3) is 0 Å². The first-order valence-electron chi connectivity index (χ1n) is 9.62. The summed E-state index contributed by atoms with van der Waals surface area (Å²) in [5.41, 5.74) is 1.38. The molecule has 146 valence electrons. The first-order valence-corrected chi connectivity index (χ1v) is 10.0. The molecule has 2 aliphatic rings. The molecule has 2 aromatic rings. The molecule has 2 unspecified atom stereocenters. The molecule has 6 nitrogen and oxygen atoms in total. The van der Waals surface area contributed by atoms with Crippen LogP contribution in [-0.4, -0.2) is 33.7 Å². The average molecular weight is 400 g/mol. The molecule has 1 saturated carbocycles. The summed E-state index contributed by atoms with van der Waals surface area (Å²) in [6.07, 6.45) is 7.35. The van der Waals surface area contributed by atoms with Crippen molar-refractivity contribution in [3.8, 4) is 5.69 Å². The quantitative estimate of drug-likeness (QED) is 0.780. The summed E-state index contributed by atoms with van der Waals surface area (Å²) in [5.74, 6) is -0.822. The van der Waals surface area contributed by atoms with Gasteiger partial charge in [-0.25, -0.2) is 0 Å². The van der Waals surface area contributed by atoms with Crippen molar-refractivity contribution in [1.29, 1.82) is 0 Å². The molecule has 0 spiro atoms. The molecule has 1 aromatic heterocycles. The summed E-state index contributed by atoms with van der Waals surface area (Å²) in [4.78, 5) is 38.8. The lowest BCUT2D eigenvalue weighted by molar-refractivity contribution is -0.140. The van der Waals surface area contributed by atoms with E-state index < -0.39 is 0 Å². The number of rotatable bonds is 5. The molecular formula is C21H22ClN3O3. The van der Waals surface area contributed by atoms with Crippen LogP contribution in [0.25, 0.3) is 5.69 Å². The number of amides is 3. The fourth-order valence-electron chi connectivity index (χ4n) is 4.20. The molecule has 28 heavy (non-hydrogen) atoms. The van der Waals surface area contributed by atoms with Gasteiger partial charge >= 0.3 is 0 Å². The standard InChI is InChI=1S/C21H22ClN3O3/c22-14-7-8-17(18(13-14)24-10-3-4-11-24)23-19(26)9-12-25-20(27)15-5-1-2-6-16(15)21(25)28/h3-4,7-8,10-11,13,15-16H,1-2,5-6,9,12H2,(H,23,26). The predicted octanol–water partition coefficient (Wildman–Crippen LogP) is 3.63. The Labute approximate surface area is 168 Å². The van der Waals surface area contributed by atoms with E-state index in [2.05, 4.69) is 5.32 Å². The van der Waals surface area contributed by atoms with Gasteiger partial charge in [-0.2, -0.15) is 0 Å².